The van der Waals surface area contributed by atoms with Gasteiger partial charge in [0, 0.05) is 18.1 Å². The van der Waals surface area contributed by atoms with Gasteiger partial charge >= 0.3 is 12.3 Å². The zero-order valence-electron chi connectivity index (χ0n) is 23.5. The van der Waals surface area contributed by atoms with Gasteiger partial charge in [0.1, 0.15) is 17.3 Å². The minimum absolute atomic E-state index is 0.0907. The van der Waals surface area contributed by atoms with E-state index >= 15 is 0 Å². The molecule has 0 spiro atoms. The molecule has 1 aliphatic rings. The van der Waals surface area contributed by atoms with Gasteiger partial charge in [-0.15, -0.1) is 0 Å². The van der Waals surface area contributed by atoms with Crippen molar-refractivity contribution in [1.29, 1.82) is 0 Å². The molecule has 2 amide bonds. The Bertz CT molecular complexity index is 1230. The number of alkyl halides is 3. The number of hydrogen-bond donors (Lipinski definition) is 2. The predicted octanol–water partition coefficient (Wildman–Crippen LogP) is 7.26. The van der Waals surface area contributed by atoms with Crippen molar-refractivity contribution >= 4 is 28.6 Å². The van der Waals surface area contributed by atoms with E-state index < -0.39 is 35.5 Å². The smallest absolute Gasteiger partial charge is 0.433 e. The van der Waals surface area contributed by atoms with Crippen LogP contribution in [0.3, 0.4) is 0 Å². The molecular weight excluding hydrogens is 521 g/mol. The normalized spacial score (nSPS) is 14.1. The van der Waals surface area contributed by atoms with Crippen LogP contribution in [0.2, 0.25) is 0 Å². The molecule has 10 heteroatoms. The third kappa shape index (κ3) is 10.4. The van der Waals surface area contributed by atoms with E-state index in [9.17, 15) is 22.8 Å². The summed E-state index contributed by atoms with van der Waals surface area (Å²) in [5.74, 6) is -0.598. The Hall–Kier alpha value is -3.82. The van der Waals surface area contributed by atoms with Gasteiger partial charge in [0.05, 0.1) is 5.52 Å². The molecule has 1 atom stereocenters. The van der Waals surface area contributed by atoms with Crippen LogP contribution < -0.4 is 11.5 Å². The maximum absolute atomic E-state index is 12.4. The number of primary amides is 1. The number of aromatic nitrogens is 1. The molecule has 1 saturated carbocycles. The van der Waals surface area contributed by atoms with Crippen LogP contribution in [0.25, 0.3) is 10.9 Å². The number of ether oxygens (including phenoxy) is 1. The summed E-state index contributed by atoms with van der Waals surface area (Å²) < 4.78 is 42.4. The van der Waals surface area contributed by atoms with Crippen LogP contribution in [0.5, 0.6) is 0 Å². The lowest BCUT2D eigenvalue weighted by Gasteiger charge is -2.29. The summed E-state index contributed by atoms with van der Waals surface area (Å²) in [6, 6.07) is 15.4. The summed E-state index contributed by atoms with van der Waals surface area (Å²) in [5, 5.41) is 0.533. The van der Waals surface area contributed by atoms with Crippen molar-refractivity contribution in [2.75, 3.05) is 12.8 Å². The van der Waals surface area contributed by atoms with Crippen molar-refractivity contribution < 1.29 is 27.5 Å². The van der Waals surface area contributed by atoms with Crippen LogP contribution in [0, 0.1) is 0 Å². The lowest BCUT2D eigenvalue weighted by molar-refractivity contribution is -0.140. The van der Waals surface area contributed by atoms with Gasteiger partial charge in [-0.2, -0.15) is 13.2 Å². The number of nitrogens with two attached hydrogens (primary N) is 2. The van der Waals surface area contributed by atoms with E-state index in [1.807, 2.05) is 6.07 Å². The van der Waals surface area contributed by atoms with Crippen molar-refractivity contribution in [3.63, 3.8) is 0 Å². The molecule has 0 saturated heterocycles. The number of rotatable bonds is 3. The fourth-order valence-corrected chi connectivity index (χ4v) is 4.06. The second-order valence-electron chi connectivity index (χ2n) is 10.5. The molecule has 40 heavy (non-hydrogen) atoms. The Morgan fingerprint density at radius 2 is 1.40 bits per heavy atom. The minimum Gasteiger partial charge on any atom is -0.444 e. The van der Waals surface area contributed by atoms with Crippen LogP contribution in [0.1, 0.15) is 76.6 Å². The van der Waals surface area contributed by atoms with Gasteiger partial charge in [-0.05, 0) is 38.5 Å². The highest BCUT2D eigenvalue weighted by atomic mass is 19.4. The van der Waals surface area contributed by atoms with Crippen molar-refractivity contribution in [2.45, 2.75) is 77.1 Å². The number of fused-ring (bicyclic) bond motifs is 1. The number of carbonyl (C=O) groups is 2. The first-order valence-corrected chi connectivity index (χ1v) is 13.2. The monoisotopic (exact) mass is 560 g/mol. The molecule has 0 aliphatic heterocycles. The van der Waals surface area contributed by atoms with Crippen molar-refractivity contribution in [3.05, 3.63) is 71.9 Å². The Labute approximate surface area is 233 Å². The quantitative estimate of drug-likeness (QED) is 0.350. The minimum atomic E-state index is -4.46. The van der Waals surface area contributed by atoms with Crippen LogP contribution in [-0.2, 0) is 15.7 Å². The number of hydrogen-bond acceptors (Lipinski definition) is 5. The highest BCUT2D eigenvalue weighted by Crippen LogP contribution is 2.31. The second kappa shape index (κ2) is 14.5. The van der Waals surface area contributed by atoms with Crippen LogP contribution in [0.15, 0.2) is 60.7 Å². The van der Waals surface area contributed by atoms with Crippen LogP contribution in [0.4, 0.5) is 23.7 Å². The molecule has 1 fully saturated rings. The summed E-state index contributed by atoms with van der Waals surface area (Å²) in [6.45, 7) is 5.29. The standard InChI is InChI=1S/C14H20N2O3.C10H7F3N2.C6H12/c1-14(2,3)19-13(18)16(4)11(12(15)17)10-8-6-5-7-9-10;11-10(12,13)9-5-7(14)6-3-1-2-4-8(6)15-9;1-2-4-6-5-3-1/h5-9,11H,1-4H3,(H2,15,17);1-5H,(H2,14,15);1-6H2. The fourth-order valence-electron chi connectivity index (χ4n) is 4.06. The van der Waals surface area contributed by atoms with E-state index in [0.717, 1.165) is 6.07 Å². The highest BCUT2D eigenvalue weighted by molar-refractivity contribution is 5.90. The van der Waals surface area contributed by atoms with E-state index in [1.165, 1.54) is 56.5 Å². The first kappa shape index (κ1) is 32.4. The number of nitrogen functional groups attached to an aromatic ring is 1. The lowest BCUT2D eigenvalue weighted by Crippen LogP contribution is -2.41. The molecule has 4 N–H and O–H groups in total. The lowest BCUT2D eigenvalue weighted by atomic mass is 10.0. The Balaban J connectivity index is 0.000000235. The third-order valence-electron chi connectivity index (χ3n) is 5.99. The number of pyridine rings is 1. The van der Waals surface area contributed by atoms with Gasteiger partial charge in [-0.3, -0.25) is 9.69 Å². The Morgan fingerprint density at radius 3 is 1.88 bits per heavy atom. The van der Waals surface area contributed by atoms with Gasteiger partial charge in [-0.25, -0.2) is 9.78 Å². The molecule has 1 unspecified atom stereocenters. The zero-order chi connectivity index (χ0) is 29.9. The largest absolute Gasteiger partial charge is 0.444 e. The molecule has 0 radical (unpaired) electrons. The van der Waals surface area contributed by atoms with Gasteiger partial charge in [0.15, 0.2) is 0 Å². The number of likely N-dealkylation sites (N-methyl/N-ethyl adjacent to an activating group) is 1. The number of amides is 2. The van der Waals surface area contributed by atoms with E-state index in [4.69, 9.17) is 16.2 Å². The molecule has 0 bridgehead atoms. The predicted molar refractivity (Wildman–Crippen MR) is 151 cm³/mol. The number of carbonyl (C=O) groups excluding carboxylic acids is 2. The summed E-state index contributed by atoms with van der Waals surface area (Å²) in [6.07, 6.45) is 3.96. The van der Waals surface area contributed by atoms with Gasteiger partial charge < -0.3 is 16.2 Å². The fraction of sp³-hybridized carbons (Fsp3) is 0.433. The topological polar surface area (TPSA) is 112 Å². The number of para-hydroxylation sites is 1. The summed E-state index contributed by atoms with van der Waals surface area (Å²) in [4.78, 5) is 28.3. The third-order valence-corrected chi connectivity index (χ3v) is 5.99. The van der Waals surface area contributed by atoms with E-state index in [-0.39, 0.29) is 11.2 Å². The first-order chi connectivity index (χ1) is 18.7. The second-order valence-corrected chi connectivity index (χ2v) is 10.5. The molecule has 7 nitrogen and oxygen atoms in total. The molecule has 1 heterocycles. The molecule has 1 aromatic heterocycles. The van der Waals surface area contributed by atoms with Crippen molar-refractivity contribution in [3.8, 4) is 0 Å². The van der Waals surface area contributed by atoms with Crippen molar-refractivity contribution in [1.82, 2.24) is 9.88 Å². The molecule has 2 aromatic carbocycles. The first-order valence-electron chi connectivity index (χ1n) is 13.2. The SMILES string of the molecule is C1CCCCC1.CN(C(=O)OC(C)(C)C)C(C(N)=O)c1ccccc1.Nc1cc(C(F)(F)F)nc2ccccc12. The molecule has 4 rings (SSSR count). The maximum atomic E-state index is 12.4. The van der Waals surface area contributed by atoms with Crippen LogP contribution in [-0.4, -0.2) is 34.5 Å². The van der Waals surface area contributed by atoms with E-state index in [0.29, 0.717) is 10.9 Å². The van der Waals surface area contributed by atoms with Crippen LogP contribution >= 0.6 is 0 Å². The zero-order valence-corrected chi connectivity index (χ0v) is 23.5. The average Bonchev–Trinajstić information content (AvgIpc) is 2.89. The van der Waals surface area contributed by atoms with E-state index in [2.05, 4.69) is 4.98 Å². The molecule has 218 valence electrons. The number of benzene rings is 2. The molecular formula is C30H39F3N4O3. The summed E-state index contributed by atoms with van der Waals surface area (Å²) in [5.41, 5.74) is 10.3. The Kier molecular flexibility index (Phi) is 11.8. The molecule has 1 aliphatic carbocycles. The van der Waals surface area contributed by atoms with E-state index in [1.54, 1.807) is 63.2 Å². The summed E-state index contributed by atoms with van der Waals surface area (Å²) >= 11 is 0. The van der Waals surface area contributed by atoms with Gasteiger partial charge in [-0.1, -0.05) is 87.1 Å². The van der Waals surface area contributed by atoms with Gasteiger partial charge in [0.25, 0.3) is 0 Å². The number of nitrogens with zero attached hydrogens (tertiary/aromatic N) is 2. The molecule has 3 aromatic rings. The van der Waals surface area contributed by atoms with Gasteiger partial charge in [0.2, 0.25) is 5.91 Å². The Morgan fingerprint density at radius 1 is 0.900 bits per heavy atom. The number of halogens is 3. The highest BCUT2D eigenvalue weighted by Gasteiger charge is 2.33. The number of anilines is 1. The average molecular weight is 561 g/mol. The van der Waals surface area contributed by atoms with Crippen molar-refractivity contribution in [2.24, 2.45) is 5.73 Å². The maximum Gasteiger partial charge on any atom is 0.433 e. The summed E-state index contributed by atoms with van der Waals surface area (Å²) in [7, 11) is 1.50.